The molecule has 0 aliphatic rings. The van der Waals surface area contributed by atoms with Crippen LogP contribution in [0.1, 0.15) is 5.56 Å². The fourth-order valence-electron chi connectivity index (χ4n) is 1.11. The number of hydrogen-bond donors (Lipinski definition) is 0. The van der Waals surface area contributed by atoms with Gasteiger partial charge >= 0.3 is 5.97 Å². The second kappa shape index (κ2) is 6.45. The van der Waals surface area contributed by atoms with Crippen molar-refractivity contribution in [2.75, 3.05) is 14.2 Å². The van der Waals surface area contributed by atoms with Crippen molar-refractivity contribution < 1.29 is 14.3 Å². The van der Waals surface area contributed by atoms with E-state index in [0.717, 1.165) is 11.3 Å². The van der Waals surface area contributed by atoms with E-state index in [9.17, 15) is 4.79 Å². The molecule has 1 aromatic carbocycles. The normalized spacial score (nSPS) is 10.9. The third-order valence-electron chi connectivity index (χ3n) is 1.93. The number of methoxy groups -OCH3 is 2. The fraction of sp³-hybridized carbons (Fsp3) is 0.154. The molecular weight excluding hydrogens is 204 g/mol. The van der Waals surface area contributed by atoms with Crippen LogP contribution in [-0.4, -0.2) is 20.2 Å². The van der Waals surface area contributed by atoms with Crippen LogP contribution in [0.2, 0.25) is 0 Å². The zero-order valence-electron chi connectivity index (χ0n) is 9.34. The van der Waals surface area contributed by atoms with Gasteiger partial charge in [-0.05, 0) is 17.7 Å². The third kappa shape index (κ3) is 4.00. The van der Waals surface area contributed by atoms with E-state index < -0.39 is 0 Å². The van der Waals surface area contributed by atoms with Crippen molar-refractivity contribution >= 4 is 12.0 Å². The summed E-state index contributed by atoms with van der Waals surface area (Å²) in [6.07, 6.45) is 6.63. The summed E-state index contributed by atoms with van der Waals surface area (Å²) < 4.78 is 9.55. The third-order valence-corrected chi connectivity index (χ3v) is 1.93. The van der Waals surface area contributed by atoms with Crippen molar-refractivity contribution in [3.8, 4) is 5.75 Å². The first-order valence-electron chi connectivity index (χ1n) is 4.83. The van der Waals surface area contributed by atoms with Gasteiger partial charge < -0.3 is 9.47 Å². The van der Waals surface area contributed by atoms with Gasteiger partial charge in [0.25, 0.3) is 0 Å². The van der Waals surface area contributed by atoms with Gasteiger partial charge in [-0.3, -0.25) is 0 Å². The van der Waals surface area contributed by atoms with Crippen LogP contribution in [-0.2, 0) is 9.53 Å². The zero-order chi connectivity index (χ0) is 11.8. The Hall–Kier alpha value is -2.03. The predicted octanol–water partition coefficient (Wildman–Crippen LogP) is 2.44. The minimum Gasteiger partial charge on any atom is -0.497 e. The van der Waals surface area contributed by atoms with Gasteiger partial charge in [0, 0.05) is 6.08 Å². The smallest absolute Gasteiger partial charge is 0.330 e. The van der Waals surface area contributed by atoms with E-state index in [-0.39, 0.29) is 5.97 Å². The summed E-state index contributed by atoms with van der Waals surface area (Å²) in [5.41, 5.74) is 1.01. The maximum atomic E-state index is 10.8. The molecule has 1 aromatic rings. The first-order valence-corrected chi connectivity index (χ1v) is 4.83. The number of carbonyl (C=O) groups excluding carboxylic acids is 1. The van der Waals surface area contributed by atoms with Crippen molar-refractivity contribution in [2.45, 2.75) is 0 Å². The Morgan fingerprint density at radius 1 is 1.25 bits per heavy atom. The molecule has 0 atom stereocenters. The molecular formula is C13H14O3. The van der Waals surface area contributed by atoms with Gasteiger partial charge in [-0.15, -0.1) is 0 Å². The van der Waals surface area contributed by atoms with Crippen molar-refractivity contribution in [2.24, 2.45) is 0 Å². The minimum atomic E-state index is -0.365. The average molecular weight is 218 g/mol. The fourth-order valence-corrected chi connectivity index (χ4v) is 1.11. The molecule has 0 saturated heterocycles. The molecule has 3 nitrogen and oxygen atoms in total. The molecule has 16 heavy (non-hydrogen) atoms. The Kier molecular flexibility index (Phi) is 4.86. The van der Waals surface area contributed by atoms with Crippen LogP contribution in [0.4, 0.5) is 0 Å². The molecule has 1 rings (SSSR count). The SMILES string of the molecule is COC(=O)/C=C/C=C/c1cccc(OC)c1. The molecule has 0 amide bonds. The second-order valence-corrected chi connectivity index (χ2v) is 3.02. The number of hydrogen-bond acceptors (Lipinski definition) is 3. The molecule has 0 fully saturated rings. The van der Waals surface area contributed by atoms with Crippen LogP contribution in [0.5, 0.6) is 5.75 Å². The summed E-state index contributed by atoms with van der Waals surface area (Å²) in [4.78, 5) is 10.8. The minimum absolute atomic E-state index is 0.365. The highest BCUT2D eigenvalue weighted by Crippen LogP contribution is 2.13. The molecule has 0 heterocycles. The van der Waals surface area contributed by atoms with E-state index in [4.69, 9.17) is 4.74 Å². The van der Waals surface area contributed by atoms with Crippen molar-refractivity contribution in [3.63, 3.8) is 0 Å². The number of esters is 1. The van der Waals surface area contributed by atoms with Crippen LogP contribution < -0.4 is 4.74 Å². The largest absolute Gasteiger partial charge is 0.497 e. The lowest BCUT2D eigenvalue weighted by Crippen LogP contribution is -1.92. The Labute approximate surface area is 95.0 Å². The lowest BCUT2D eigenvalue weighted by atomic mass is 10.2. The predicted molar refractivity (Wildman–Crippen MR) is 63.2 cm³/mol. The van der Waals surface area contributed by atoms with Crippen LogP contribution in [0.25, 0.3) is 6.08 Å². The number of carbonyl (C=O) groups is 1. The molecule has 0 bridgehead atoms. The molecule has 0 unspecified atom stereocenters. The highest BCUT2D eigenvalue weighted by Gasteiger charge is 1.90. The first-order chi connectivity index (χ1) is 7.76. The number of allylic oxidation sites excluding steroid dienone is 2. The van der Waals surface area contributed by atoms with Gasteiger partial charge in [-0.1, -0.05) is 30.4 Å². The zero-order valence-corrected chi connectivity index (χ0v) is 9.34. The standard InChI is InChI=1S/C13H14O3/c1-15-12-8-5-7-11(10-12)6-3-4-9-13(14)16-2/h3-10H,1-2H3/b6-3+,9-4+. The Morgan fingerprint density at radius 3 is 2.75 bits per heavy atom. The molecule has 0 aromatic heterocycles. The molecule has 0 spiro atoms. The summed E-state index contributed by atoms with van der Waals surface area (Å²) in [6, 6.07) is 7.64. The van der Waals surface area contributed by atoms with Gasteiger partial charge in [0.2, 0.25) is 0 Å². The first kappa shape index (κ1) is 12.0. The summed E-state index contributed by atoms with van der Waals surface area (Å²) in [5, 5.41) is 0. The summed E-state index contributed by atoms with van der Waals surface area (Å²) in [5.74, 6) is 0.439. The number of benzene rings is 1. The summed E-state index contributed by atoms with van der Waals surface area (Å²) in [6.45, 7) is 0. The number of rotatable bonds is 4. The van der Waals surface area contributed by atoms with Gasteiger partial charge in [0.1, 0.15) is 5.75 Å². The molecule has 84 valence electrons. The van der Waals surface area contributed by atoms with Gasteiger partial charge in [0.05, 0.1) is 14.2 Å². The lowest BCUT2D eigenvalue weighted by Gasteiger charge is -1.99. The van der Waals surface area contributed by atoms with Crippen LogP contribution >= 0.6 is 0 Å². The van der Waals surface area contributed by atoms with Crippen molar-refractivity contribution in [1.29, 1.82) is 0 Å². The van der Waals surface area contributed by atoms with Gasteiger partial charge in [-0.2, -0.15) is 0 Å². The van der Waals surface area contributed by atoms with Crippen LogP contribution in [0.3, 0.4) is 0 Å². The van der Waals surface area contributed by atoms with Crippen molar-refractivity contribution in [3.05, 3.63) is 48.1 Å². The van der Waals surface area contributed by atoms with Gasteiger partial charge in [0.15, 0.2) is 0 Å². The topological polar surface area (TPSA) is 35.5 Å². The summed E-state index contributed by atoms with van der Waals surface area (Å²) in [7, 11) is 2.97. The molecule has 0 saturated carbocycles. The molecule has 0 N–H and O–H groups in total. The highest BCUT2D eigenvalue weighted by atomic mass is 16.5. The van der Waals surface area contributed by atoms with E-state index in [1.165, 1.54) is 13.2 Å². The Bertz CT molecular complexity index is 405. The maximum absolute atomic E-state index is 10.8. The van der Waals surface area contributed by atoms with Gasteiger partial charge in [-0.25, -0.2) is 4.79 Å². The molecule has 0 radical (unpaired) electrons. The average Bonchev–Trinajstić information content (AvgIpc) is 2.34. The van der Waals surface area contributed by atoms with Crippen LogP contribution in [0, 0.1) is 0 Å². The Morgan fingerprint density at radius 2 is 2.06 bits per heavy atom. The molecule has 3 heteroatoms. The Balaban J connectivity index is 2.62. The lowest BCUT2D eigenvalue weighted by molar-refractivity contribution is -0.134. The van der Waals surface area contributed by atoms with E-state index in [1.807, 2.05) is 30.3 Å². The molecule has 0 aliphatic heterocycles. The number of ether oxygens (including phenoxy) is 2. The van der Waals surface area contributed by atoms with E-state index >= 15 is 0 Å². The summed E-state index contributed by atoms with van der Waals surface area (Å²) >= 11 is 0. The van der Waals surface area contributed by atoms with E-state index in [1.54, 1.807) is 19.3 Å². The quantitative estimate of drug-likeness (QED) is 0.442. The molecule has 0 aliphatic carbocycles. The second-order valence-electron chi connectivity index (χ2n) is 3.02. The van der Waals surface area contributed by atoms with E-state index in [2.05, 4.69) is 4.74 Å². The monoisotopic (exact) mass is 218 g/mol. The highest BCUT2D eigenvalue weighted by molar-refractivity contribution is 5.82. The van der Waals surface area contributed by atoms with Crippen molar-refractivity contribution in [1.82, 2.24) is 0 Å². The van der Waals surface area contributed by atoms with E-state index in [0.29, 0.717) is 0 Å². The maximum Gasteiger partial charge on any atom is 0.330 e. The van der Waals surface area contributed by atoms with Crippen LogP contribution in [0.15, 0.2) is 42.5 Å².